The predicted octanol–water partition coefficient (Wildman–Crippen LogP) is 4.14. The second-order valence-corrected chi connectivity index (χ2v) is 9.08. The number of carbonyl (C=O) groups excluding carboxylic acids is 1. The Morgan fingerprint density at radius 2 is 1.56 bits per heavy atom. The Labute approximate surface area is 195 Å². The van der Waals surface area contributed by atoms with E-state index < -0.39 is 20.9 Å². The first kappa shape index (κ1) is 22.7. The summed E-state index contributed by atoms with van der Waals surface area (Å²) >= 11 is 0. The fourth-order valence-electron chi connectivity index (χ4n) is 3.06. The molecule has 0 unspecified atom stereocenters. The van der Waals surface area contributed by atoms with Crippen molar-refractivity contribution in [3.05, 3.63) is 106 Å². The van der Waals surface area contributed by atoms with E-state index in [2.05, 4.69) is 15.1 Å². The summed E-state index contributed by atoms with van der Waals surface area (Å²) in [7, 11) is -3.73. The Kier molecular flexibility index (Phi) is 6.11. The number of rotatable bonds is 7. The van der Waals surface area contributed by atoms with Crippen LogP contribution in [-0.2, 0) is 10.0 Å². The van der Waals surface area contributed by atoms with Gasteiger partial charge in [0, 0.05) is 29.7 Å². The molecule has 11 heteroatoms. The van der Waals surface area contributed by atoms with Gasteiger partial charge in [-0.3, -0.25) is 19.6 Å². The van der Waals surface area contributed by atoms with Crippen molar-refractivity contribution in [2.75, 3.05) is 10.0 Å². The Balaban J connectivity index is 1.41. The molecule has 1 heterocycles. The molecule has 0 saturated carbocycles. The Hall–Kier alpha value is -4.51. The summed E-state index contributed by atoms with van der Waals surface area (Å²) in [5.41, 5.74) is 2.57. The van der Waals surface area contributed by atoms with Gasteiger partial charge in [0.2, 0.25) is 0 Å². The lowest BCUT2D eigenvalue weighted by atomic mass is 10.2. The van der Waals surface area contributed by atoms with E-state index in [9.17, 15) is 23.3 Å². The van der Waals surface area contributed by atoms with Crippen LogP contribution in [0.15, 0.2) is 90.1 Å². The van der Waals surface area contributed by atoms with E-state index in [0.717, 1.165) is 5.56 Å². The number of sulfonamides is 1. The predicted molar refractivity (Wildman–Crippen MR) is 127 cm³/mol. The van der Waals surface area contributed by atoms with Crippen LogP contribution in [0.1, 0.15) is 15.9 Å². The van der Waals surface area contributed by atoms with Gasteiger partial charge in [0.1, 0.15) is 0 Å². The quantitative estimate of drug-likeness (QED) is 0.303. The van der Waals surface area contributed by atoms with Crippen LogP contribution in [-0.4, -0.2) is 29.0 Å². The number of amides is 1. The molecule has 0 radical (unpaired) electrons. The van der Waals surface area contributed by atoms with Gasteiger partial charge < -0.3 is 5.32 Å². The molecular formula is C23H19N5O5S. The maximum Gasteiger partial charge on any atom is 0.269 e. The number of non-ortho nitro benzene ring substituents is 1. The smallest absolute Gasteiger partial charge is 0.269 e. The first-order valence-corrected chi connectivity index (χ1v) is 11.5. The van der Waals surface area contributed by atoms with E-state index in [-0.39, 0.29) is 16.1 Å². The van der Waals surface area contributed by atoms with E-state index >= 15 is 0 Å². The molecule has 0 saturated heterocycles. The van der Waals surface area contributed by atoms with Gasteiger partial charge in [-0.05, 0) is 55.5 Å². The lowest BCUT2D eigenvalue weighted by Gasteiger charge is -2.09. The summed E-state index contributed by atoms with van der Waals surface area (Å²) < 4.78 is 29.0. The lowest BCUT2D eigenvalue weighted by molar-refractivity contribution is -0.384. The highest BCUT2D eigenvalue weighted by Crippen LogP contribution is 2.20. The maximum absolute atomic E-state index is 12.6. The number of anilines is 2. The summed E-state index contributed by atoms with van der Waals surface area (Å²) in [5, 5.41) is 17.6. The zero-order valence-corrected chi connectivity index (χ0v) is 18.7. The largest absolute Gasteiger partial charge is 0.322 e. The highest BCUT2D eigenvalue weighted by molar-refractivity contribution is 7.92. The fourth-order valence-corrected chi connectivity index (χ4v) is 4.12. The van der Waals surface area contributed by atoms with Crippen LogP contribution in [0.3, 0.4) is 0 Å². The molecule has 0 aliphatic carbocycles. The monoisotopic (exact) mass is 477 g/mol. The summed E-state index contributed by atoms with van der Waals surface area (Å²) in [6, 6.07) is 18.5. The minimum atomic E-state index is -3.73. The molecule has 172 valence electrons. The van der Waals surface area contributed by atoms with Crippen molar-refractivity contribution in [2.24, 2.45) is 0 Å². The third-order valence-corrected chi connectivity index (χ3v) is 6.29. The summed E-state index contributed by atoms with van der Waals surface area (Å²) in [6.45, 7) is 1.87. The number of hydrogen-bond acceptors (Lipinski definition) is 6. The molecule has 4 rings (SSSR count). The molecule has 0 spiro atoms. The Morgan fingerprint density at radius 1 is 0.941 bits per heavy atom. The molecule has 2 N–H and O–H groups in total. The first-order chi connectivity index (χ1) is 16.2. The van der Waals surface area contributed by atoms with E-state index in [4.69, 9.17) is 0 Å². The third kappa shape index (κ3) is 5.10. The zero-order valence-electron chi connectivity index (χ0n) is 17.9. The average Bonchev–Trinajstić information content (AvgIpc) is 3.31. The molecule has 0 bridgehead atoms. The molecular weight excluding hydrogens is 458 g/mol. The van der Waals surface area contributed by atoms with Crippen LogP contribution in [0.25, 0.3) is 5.69 Å². The van der Waals surface area contributed by atoms with Crippen LogP contribution in [0.4, 0.5) is 17.1 Å². The normalized spacial score (nSPS) is 11.1. The van der Waals surface area contributed by atoms with Gasteiger partial charge in [0.15, 0.2) is 0 Å². The number of carbonyl (C=O) groups is 1. The van der Waals surface area contributed by atoms with Crippen molar-refractivity contribution in [2.45, 2.75) is 11.8 Å². The average molecular weight is 478 g/mol. The van der Waals surface area contributed by atoms with E-state index in [1.54, 1.807) is 36.4 Å². The van der Waals surface area contributed by atoms with E-state index in [1.807, 2.05) is 6.92 Å². The molecule has 4 aromatic rings. The van der Waals surface area contributed by atoms with Crippen molar-refractivity contribution in [3.8, 4) is 5.69 Å². The Morgan fingerprint density at radius 3 is 2.18 bits per heavy atom. The van der Waals surface area contributed by atoms with Crippen molar-refractivity contribution >= 4 is 33.0 Å². The standard InChI is InChI=1S/C23H19N5O5S/c1-16-2-12-22(13-3-16)34(32,33)26-19-6-4-18(5-7-19)25-23(29)17-14-24-27(15-17)20-8-10-21(11-9-20)28(30)31/h2-15,26H,1H3,(H,25,29). The number of nitrogens with zero attached hydrogens (tertiary/aromatic N) is 3. The fraction of sp³-hybridized carbons (Fsp3) is 0.0435. The van der Waals surface area contributed by atoms with E-state index in [1.165, 1.54) is 53.5 Å². The number of nitro groups is 1. The Bertz CT molecular complexity index is 1450. The molecule has 34 heavy (non-hydrogen) atoms. The van der Waals surface area contributed by atoms with Crippen molar-refractivity contribution in [1.29, 1.82) is 0 Å². The number of hydrogen-bond donors (Lipinski definition) is 2. The lowest BCUT2D eigenvalue weighted by Crippen LogP contribution is -2.13. The number of aryl methyl sites for hydroxylation is 1. The summed E-state index contributed by atoms with van der Waals surface area (Å²) in [6.07, 6.45) is 2.88. The first-order valence-electron chi connectivity index (χ1n) is 10.0. The van der Waals surface area contributed by atoms with Crippen LogP contribution in [0.5, 0.6) is 0 Å². The number of aromatic nitrogens is 2. The molecule has 1 aromatic heterocycles. The van der Waals surface area contributed by atoms with E-state index in [0.29, 0.717) is 17.1 Å². The van der Waals surface area contributed by atoms with Crippen molar-refractivity contribution in [3.63, 3.8) is 0 Å². The molecule has 1 amide bonds. The van der Waals surface area contributed by atoms with Gasteiger partial charge in [-0.2, -0.15) is 5.10 Å². The molecule has 0 atom stereocenters. The summed E-state index contributed by atoms with van der Waals surface area (Å²) in [4.78, 5) is 23.0. The van der Waals surface area contributed by atoms with Gasteiger partial charge in [-0.1, -0.05) is 17.7 Å². The van der Waals surface area contributed by atoms with Gasteiger partial charge in [-0.15, -0.1) is 0 Å². The van der Waals surface area contributed by atoms with Gasteiger partial charge >= 0.3 is 0 Å². The minimum absolute atomic E-state index is 0.0431. The molecule has 0 fully saturated rings. The molecule has 3 aromatic carbocycles. The highest BCUT2D eigenvalue weighted by Gasteiger charge is 2.15. The van der Waals surface area contributed by atoms with Crippen LogP contribution >= 0.6 is 0 Å². The topological polar surface area (TPSA) is 136 Å². The number of nitro benzene ring substituents is 1. The maximum atomic E-state index is 12.6. The highest BCUT2D eigenvalue weighted by atomic mass is 32.2. The van der Waals surface area contributed by atoms with Crippen molar-refractivity contribution in [1.82, 2.24) is 9.78 Å². The van der Waals surface area contributed by atoms with Gasteiger partial charge in [0.25, 0.3) is 21.6 Å². The zero-order chi connectivity index (χ0) is 24.3. The van der Waals surface area contributed by atoms with Crippen LogP contribution in [0, 0.1) is 17.0 Å². The SMILES string of the molecule is Cc1ccc(S(=O)(=O)Nc2ccc(NC(=O)c3cnn(-c4ccc([N+](=O)[O-])cc4)c3)cc2)cc1. The number of benzene rings is 3. The molecule has 0 aliphatic rings. The second-order valence-electron chi connectivity index (χ2n) is 7.40. The molecule has 10 nitrogen and oxygen atoms in total. The van der Waals surface area contributed by atoms with Gasteiger partial charge in [0.05, 0.1) is 27.3 Å². The van der Waals surface area contributed by atoms with Crippen molar-refractivity contribution < 1.29 is 18.1 Å². The van der Waals surface area contributed by atoms with Crippen LogP contribution in [0.2, 0.25) is 0 Å². The third-order valence-electron chi connectivity index (χ3n) is 4.90. The number of nitrogens with one attached hydrogen (secondary N) is 2. The molecule has 0 aliphatic heterocycles. The van der Waals surface area contributed by atoms with Gasteiger partial charge in [-0.25, -0.2) is 13.1 Å². The van der Waals surface area contributed by atoms with Crippen LogP contribution < -0.4 is 10.0 Å². The minimum Gasteiger partial charge on any atom is -0.322 e. The second kappa shape index (κ2) is 9.16. The summed E-state index contributed by atoms with van der Waals surface area (Å²) in [5.74, 6) is -0.416.